The average molecular weight is 324 g/mol. The highest BCUT2D eigenvalue weighted by Gasteiger charge is 2.23. The summed E-state index contributed by atoms with van der Waals surface area (Å²) in [4.78, 5) is 14.7. The van der Waals surface area contributed by atoms with E-state index in [0.29, 0.717) is 11.6 Å². The van der Waals surface area contributed by atoms with Gasteiger partial charge >= 0.3 is 0 Å². The summed E-state index contributed by atoms with van der Waals surface area (Å²) in [5.74, 6) is -0.0748. The molecule has 2 atom stereocenters. The number of hydrogen-bond acceptors (Lipinski definition) is 3. The Hall–Kier alpha value is -2.33. The summed E-state index contributed by atoms with van der Waals surface area (Å²) < 4.78 is 5.68. The van der Waals surface area contributed by atoms with Gasteiger partial charge in [0.15, 0.2) is 0 Å². The average Bonchev–Trinajstić information content (AvgIpc) is 2.58. The van der Waals surface area contributed by atoms with Crippen LogP contribution in [0.3, 0.4) is 0 Å². The van der Waals surface area contributed by atoms with Gasteiger partial charge in [0.1, 0.15) is 0 Å². The van der Waals surface area contributed by atoms with E-state index in [-0.39, 0.29) is 12.0 Å². The molecule has 1 aliphatic heterocycles. The first-order chi connectivity index (χ1) is 11.5. The van der Waals surface area contributed by atoms with Crippen molar-refractivity contribution in [3.05, 3.63) is 59.7 Å². The zero-order chi connectivity index (χ0) is 17.1. The molecule has 1 aliphatic rings. The SMILES string of the molecule is Cc1ccccc1C(=O)Nc1ccc(N2CC(C)OCC2C)cc1. The fraction of sp³-hybridized carbons (Fsp3) is 0.350. The summed E-state index contributed by atoms with van der Waals surface area (Å²) >= 11 is 0. The predicted molar refractivity (Wildman–Crippen MR) is 97.8 cm³/mol. The molecule has 0 bridgehead atoms. The molecule has 0 aliphatic carbocycles. The number of morpholine rings is 1. The Morgan fingerprint density at radius 3 is 2.54 bits per heavy atom. The maximum atomic E-state index is 12.4. The molecule has 3 rings (SSSR count). The Morgan fingerprint density at radius 1 is 1.12 bits per heavy atom. The molecule has 1 N–H and O–H groups in total. The smallest absolute Gasteiger partial charge is 0.255 e. The molecule has 2 unspecified atom stereocenters. The quantitative estimate of drug-likeness (QED) is 0.932. The molecule has 0 radical (unpaired) electrons. The standard InChI is InChI=1S/C20H24N2O2/c1-14-6-4-5-7-19(14)20(23)21-17-8-10-18(11-9-17)22-12-16(3)24-13-15(22)2/h4-11,15-16H,12-13H2,1-3H3,(H,21,23). The first kappa shape index (κ1) is 16.5. The number of hydrogen-bond donors (Lipinski definition) is 1. The van der Waals surface area contributed by atoms with Gasteiger partial charge < -0.3 is 15.0 Å². The van der Waals surface area contributed by atoms with Crippen LogP contribution in [0.2, 0.25) is 0 Å². The van der Waals surface area contributed by atoms with Crippen molar-refractivity contribution in [3.63, 3.8) is 0 Å². The van der Waals surface area contributed by atoms with Crippen LogP contribution in [-0.2, 0) is 4.74 Å². The van der Waals surface area contributed by atoms with Crippen LogP contribution in [0, 0.1) is 6.92 Å². The number of nitrogens with one attached hydrogen (secondary N) is 1. The molecule has 4 nitrogen and oxygen atoms in total. The number of carbonyl (C=O) groups is 1. The monoisotopic (exact) mass is 324 g/mol. The topological polar surface area (TPSA) is 41.6 Å². The van der Waals surface area contributed by atoms with E-state index in [1.165, 1.54) is 0 Å². The highest BCUT2D eigenvalue weighted by Crippen LogP contribution is 2.24. The van der Waals surface area contributed by atoms with Crippen LogP contribution in [0.5, 0.6) is 0 Å². The van der Waals surface area contributed by atoms with Crippen molar-refractivity contribution in [2.45, 2.75) is 32.9 Å². The number of anilines is 2. The second-order valence-electron chi connectivity index (χ2n) is 6.46. The van der Waals surface area contributed by atoms with Crippen molar-refractivity contribution < 1.29 is 9.53 Å². The van der Waals surface area contributed by atoms with Crippen molar-refractivity contribution in [2.24, 2.45) is 0 Å². The molecule has 1 saturated heterocycles. The van der Waals surface area contributed by atoms with Gasteiger partial charge in [0, 0.05) is 29.5 Å². The molecule has 24 heavy (non-hydrogen) atoms. The minimum Gasteiger partial charge on any atom is -0.375 e. The van der Waals surface area contributed by atoms with Crippen LogP contribution in [-0.4, -0.2) is 31.2 Å². The van der Waals surface area contributed by atoms with Crippen LogP contribution in [0.15, 0.2) is 48.5 Å². The summed E-state index contributed by atoms with van der Waals surface area (Å²) in [7, 11) is 0. The summed E-state index contributed by atoms with van der Waals surface area (Å²) in [6.45, 7) is 7.83. The molecular formula is C20H24N2O2. The van der Waals surface area contributed by atoms with Crippen LogP contribution in [0.25, 0.3) is 0 Å². The third kappa shape index (κ3) is 3.60. The molecule has 126 valence electrons. The van der Waals surface area contributed by atoms with E-state index in [4.69, 9.17) is 4.74 Å². The van der Waals surface area contributed by atoms with Crippen molar-refractivity contribution in [2.75, 3.05) is 23.4 Å². The van der Waals surface area contributed by atoms with E-state index < -0.39 is 0 Å². The lowest BCUT2D eigenvalue weighted by Gasteiger charge is -2.38. The lowest BCUT2D eigenvalue weighted by molar-refractivity contribution is 0.0344. The lowest BCUT2D eigenvalue weighted by Crippen LogP contribution is -2.47. The highest BCUT2D eigenvalue weighted by atomic mass is 16.5. The zero-order valence-corrected chi connectivity index (χ0v) is 14.5. The molecular weight excluding hydrogens is 300 g/mol. The van der Waals surface area contributed by atoms with Crippen molar-refractivity contribution in [1.29, 1.82) is 0 Å². The number of rotatable bonds is 3. The lowest BCUT2D eigenvalue weighted by atomic mass is 10.1. The zero-order valence-electron chi connectivity index (χ0n) is 14.5. The van der Waals surface area contributed by atoms with Gasteiger partial charge in [-0.05, 0) is 56.7 Å². The fourth-order valence-corrected chi connectivity index (χ4v) is 3.03. The number of amides is 1. The van der Waals surface area contributed by atoms with Gasteiger partial charge in [-0.2, -0.15) is 0 Å². The Labute approximate surface area is 143 Å². The second-order valence-corrected chi connectivity index (χ2v) is 6.46. The van der Waals surface area contributed by atoms with Crippen molar-refractivity contribution in [3.8, 4) is 0 Å². The summed E-state index contributed by atoms with van der Waals surface area (Å²) in [5.41, 5.74) is 3.65. The molecule has 0 spiro atoms. The van der Waals surface area contributed by atoms with E-state index in [9.17, 15) is 4.79 Å². The van der Waals surface area contributed by atoms with Crippen LogP contribution < -0.4 is 10.2 Å². The van der Waals surface area contributed by atoms with Gasteiger partial charge in [-0.15, -0.1) is 0 Å². The molecule has 2 aromatic carbocycles. The minimum absolute atomic E-state index is 0.0748. The Morgan fingerprint density at radius 2 is 1.83 bits per heavy atom. The maximum Gasteiger partial charge on any atom is 0.255 e. The number of ether oxygens (including phenoxy) is 1. The minimum atomic E-state index is -0.0748. The first-order valence-electron chi connectivity index (χ1n) is 8.40. The van der Waals surface area contributed by atoms with E-state index >= 15 is 0 Å². The number of aryl methyl sites for hydroxylation is 1. The fourth-order valence-electron chi connectivity index (χ4n) is 3.03. The molecule has 2 aromatic rings. The van der Waals surface area contributed by atoms with Crippen molar-refractivity contribution >= 4 is 17.3 Å². The largest absolute Gasteiger partial charge is 0.375 e. The van der Waals surface area contributed by atoms with Crippen molar-refractivity contribution in [1.82, 2.24) is 0 Å². The van der Waals surface area contributed by atoms with Gasteiger partial charge in [-0.3, -0.25) is 4.79 Å². The first-order valence-corrected chi connectivity index (χ1v) is 8.40. The maximum absolute atomic E-state index is 12.4. The molecule has 4 heteroatoms. The summed E-state index contributed by atoms with van der Waals surface area (Å²) in [6, 6.07) is 16.0. The van der Waals surface area contributed by atoms with Crippen LogP contribution >= 0.6 is 0 Å². The number of nitrogens with zero attached hydrogens (tertiary/aromatic N) is 1. The van der Waals surface area contributed by atoms with Gasteiger partial charge in [-0.1, -0.05) is 18.2 Å². The molecule has 1 amide bonds. The summed E-state index contributed by atoms with van der Waals surface area (Å²) in [6.07, 6.45) is 0.238. The van der Waals surface area contributed by atoms with Gasteiger partial charge in [-0.25, -0.2) is 0 Å². The van der Waals surface area contributed by atoms with E-state index in [0.717, 1.165) is 30.1 Å². The van der Waals surface area contributed by atoms with Crippen LogP contribution in [0.1, 0.15) is 29.8 Å². The molecule has 1 fully saturated rings. The Balaban J connectivity index is 1.71. The third-order valence-electron chi connectivity index (χ3n) is 4.45. The van der Waals surface area contributed by atoms with E-state index in [1.807, 2.05) is 43.3 Å². The number of benzene rings is 2. The Bertz CT molecular complexity index is 712. The third-order valence-corrected chi connectivity index (χ3v) is 4.45. The van der Waals surface area contributed by atoms with E-state index in [1.54, 1.807) is 0 Å². The van der Waals surface area contributed by atoms with Crippen LogP contribution in [0.4, 0.5) is 11.4 Å². The Kier molecular flexibility index (Phi) is 4.86. The predicted octanol–water partition coefficient (Wildman–Crippen LogP) is 3.86. The highest BCUT2D eigenvalue weighted by molar-refractivity contribution is 6.05. The van der Waals surface area contributed by atoms with E-state index in [2.05, 4.69) is 36.2 Å². The van der Waals surface area contributed by atoms with Gasteiger partial charge in [0.2, 0.25) is 0 Å². The molecule has 0 saturated carbocycles. The normalized spacial score (nSPS) is 20.7. The molecule has 0 aromatic heterocycles. The number of carbonyl (C=O) groups excluding carboxylic acids is 1. The molecule has 1 heterocycles. The van der Waals surface area contributed by atoms with Gasteiger partial charge in [0.25, 0.3) is 5.91 Å². The van der Waals surface area contributed by atoms with Gasteiger partial charge in [0.05, 0.1) is 12.7 Å². The second kappa shape index (κ2) is 7.05. The summed E-state index contributed by atoms with van der Waals surface area (Å²) in [5, 5.41) is 2.97.